The van der Waals surface area contributed by atoms with Gasteiger partial charge in [-0.1, -0.05) is 36.7 Å². The number of nitrogens with two attached hydrogens (primary N) is 1. The van der Waals surface area contributed by atoms with E-state index in [1.165, 1.54) is 0 Å². The summed E-state index contributed by atoms with van der Waals surface area (Å²) in [6, 6.07) is 15.7. The van der Waals surface area contributed by atoms with Gasteiger partial charge in [0.2, 0.25) is 0 Å². The van der Waals surface area contributed by atoms with Crippen LogP contribution in [0.15, 0.2) is 48.5 Å². The SMILES string of the molecule is CCCOc1cccc(C(CN)Nc2cccc(Cl)c2)c1. The summed E-state index contributed by atoms with van der Waals surface area (Å²) in [7, 11) is 0. The largest absolute Gasteiger partial charge is 0.494 e. The summed E-state index contributed by atoms with van der Waals surface area (Å²) in [6.07, 6.45) is 0.991. The van der Waals surface area contributed by atoms with E-state index in [2.05, 4.69) is 12.2 Å². The number of hydrogen-bond acceptors (Lipinski definition) is 3. The molecule has 0 aliphatic carbocycles. The summed E-state index contributed by atoms with van der Waals surface area (Å²) in [6.45, 7) is 3.30. The molecule has 3 nitrogen and oxygen atoms in total. The summed E-state index contributed by atoms with van der Waals surface area (Å²) in [5, 5.41) is 4.11. The monoisotopic (exact) mass is 304 g/mol. The van der Waals surface area contributed by atoms with Crippen molar-refractivity contribution in [2.45, 2.75) is 19.4 Å². The third-order valence-electron chi connectivity index (χ3n) is 3.13. The van der Waals surface area contributed by atoms with Crippen LogP contribution in [0.5, 0.6) is 5.75 Å². The predicted molar refractivity (Wildman–Crippen MR) is 89.1 cm³/mol. The third kappa shape index (κ3) is 4.66. The van der Waals surface area contributed by atoms with Crippen LogP contribution in [0.1, 0.15) is 24.9 Å². The lowest BCUT2D eigenvalue weighted by molar-refractivity contribution is 0.317. The summed E-state index contributed by atoms with van der Waals surface area (Å²) in [5.74, 6) is 0.876. The van der Waals surface area contributed by atoms with Crippen molar-refractivity contribution >= 4 is 17.3 Å². The van der Waals surface area contributed by atoms with Gasteiger partial charge >= 0.3 is 0 Å². The van der Waals surface area contributed by atoms with Gasteiger partial charge in [-0.05, 0) is 42.3 Å². The Morgan fingerprint density at radius 3 is 2.71 bits per heavy atom. The summed E-state index contributed by atoms with van der Waals surface area (Å²) in [5.41, 5.74) is 7.96. The highest BCUT2D eigenvalue weighted by Crippen LogP contribution is 2.24. The molecule has 0 aliphatic heterocycles. The van der Waals surface area contributed by atoms with Gasteiger partial charge in [0.05, 0.1) is 12.6 Å². The van der Waals surface area contributed by atoms with E-state index < -0.39 is 0 Å². The molecular formula is C17H21ClN2O. The molecule has 21 heavy (non-hydrogen) atoms. The number of benzene rings is 2. The Hall–Kier alpha value is -1.71. The standard InChI is InChI=1S/C17H21ClN2O/c1-2-9-21-16-8-3-5-13(10-16)17(12-19)20-15-7-4-6-14(18)11-15/h3-8,10-11,17,20H,2,9,12,19H2,1H3. The van der Waals surface area contributed by atoms with E-state index >= 15 is 0 Å². The van der Waals surface area contributed by atoms with Gasteiger partial charge in [-0.3, -0.25) is 0 Å². The molecule has 1 atom stereocenters. The van der Waals surface area contributed by atoms with E-state index in [0.717, 1.165) is 30.0 Å². The van der Waals surface area contributed by atoms with Crippen LogP contribution in [0.4, 0.5) is 5.69 Å². The van der Waals surface area contributed by atoms with Gasteiger partial charge in [0.15, 0.2) is 0 Å². The van der Waals surface area contributed by atoms with Crippen LogP contribution < -0.4 is 15.8 Å². The maximum absolute atomic E-state index is 6.01. The quantitative estimate of drug-likeness (QED) is 0.804. The molecule has 112 valence electrons. The Labute approximate surface area is 131 Å². The molecule has 0 heterocycles. The zero-order chi connectivity index (χ0) is 15.1. The normalized spacial score (nSPS) is 12.0. The molecule has 3 N–H and O–H groups in total. The third-order valence-corrected chi connectivity index (χ3v) is 3.37. The number of ether oxygens (including phenoxy) is 1. The molecular weight excluding hydrogens is 284 g/mol. The van der Waals surface area contributed by atoms with E-state index in [-0.39, 0.29) is 6.04 Å². The Kier molecular flexibility index (Phi) is 5.90. The molecule has 0 aliphatic rings. The molecule has 1 unspecified atom stereocenters. The van der Waals surface area contributed by atoms with E-state index in [4.69, 9.17) is 22.1 Å². The fraction of sp³-hybridized carbons (Fsp3) is 0.294. The Morgan fingerprint density at radius 2 is 2.00 bits per heavy atom. The Bertz CT molecular complexity index is 574. The van der Waals surface area contributed by atoms with Crippen molar-refractivity contribution in [3.05, 3.63) is 59.1 Å². The van der Waals surface area contributed by atoms with Gasteiger partial charge in [0, 0.05) is 17.3 Å². The second kappa shape index (κ2) is 7.91. The van der Waals surface area contributed by atoms with Crippen molar-refractivity contribution in [2.75, 3.05) is 18.5 Å². The molecule has 2 aromatic rings. The zero-order valence-electron chi connectivity index (χ0n) is 12.2. The second-order valence-electron chi connectivity index (χ2n) is 4.86. The van der Waals surface area contributed by atoms with Crippen LogP contribution in [-0.4, -0.2) is 13.2 Å². The highest BCUT2D eigenvalue weighted by Gasteiger charge is 2.10. The maximum atomic E-state index is 6.01. The molecule has 0 amide bonds. The van der Waals surface area contributed by atoms with Crippen LogP contribution >= 0.6 is 11.6 Å². The smallest absolute Gasteiger partial charge is 0.119 e. The molecule has 0 radical (unpaired) electrons. The molecule has 2 rings (SSSR count). The van der Waals surface area contributed by atoms with E-state index in [1.54, 1.807) is 0 Å². The number of nitrogens with one attached hydrogen (secondary N) is 1. The maximum Gasteiger partial charge on any atom is 0.119 e. The first-order valence-electron chi connectivity index (χ1n) is 7.18. The molecule has 0 fully saturated rings. The van der Waals surface area contributed by atoms with Gasteiger partial charge in [-0.15, -0.1) is 0 Å². The minimum absolute atomic E-state index is 0.0219. The average Bonchev–Trinajstić information content (AvgIpc) is 2.51. The fourth-order valence-corrected chi connectivity index (χ4v) is 2.29. The van der Waals surface area contributed by atoms with Gasteiger partial charge in [-0.2, -0.15) is 0 Å². The molecule has 4 heteroatoms. The van der Waals surface area contributed by atoms with Crippen molar-refractivity contribution in [3.8, 4) is 5.75 Å². The zero-order valence-corrected chi connectivity index (χ0v) is 12.9. The number of halogens is 1. The van der Waals surface area contributed by atoms with Crippen LogP contribution in [-0.2, 0) is 0 Å². The highest BCUT2D eigenvalue weighted by atomic mass is 35.5. The number of rotatable bonds is 7. The van der Waals surface area contributed by atoms with Crippen molar-refractivity contribution in [3.63, 3.8) is 0 Å². The Balaban J connectivity index is 2.13. The summed E-state index contributed by atoms with van der Waals surface area (Å²) in [4.78, 5) is 0. The lowest BCUT2D eigenvalue weighted by atomic mass is 10.1. The molecule has 0 aromatic heterocycles. The highest BCUT2D eigenvalue weighted by molar-refractivity contribution is 6.30. The van der Waals surface area contributed by atoms with E-state index in [1.807, 2.05) is 48.5 Å². The first-order valence-corrected chi connectivity index (χ1v) is 7.55. The molecule has 0 saturated carbocycles. The fourth-order valence-electron chi connectivity index (χ4n) is 2.10. The van der Waals surface area contributed by atoms with Gasteiger partial charge < -0.3 is 15.8 Å². The molecule has 0 spiro atoms. The van der Waals surface area contributed by atoms with Gasteiger partial charge in [0.1, 0.15) is 5.75 Å². The molecule has 0 saturated heterocycles. The van der Waals surface area contributed by atoms with Crippen molar-refractivity contribution in [2.24, 2.45) is 5.73 Å². The number of anilines is 1. The van der Waals surface area contributed by atoms with Crippen molar-refractivity contribution < 1.29 is 4.74 Å². The average molecular weight is 305 g/mol. The minimum atomic E-state index is 0.0219. The number of hydrogen-bond donors (Lipinski definition) is 2. The van der Waals surface area contributed by atoms with E-state index in [9.17, 15) is 0 Å². The van der Waals surface area contributed by atoms with E-state index in [0.29, 0.717) is 11.6 Å². The Morgan fingerprint density at radius 1 is 1.19 bits per heavy atom. The lowest BCUT2D eigenvalue weighted by Gasteiger charge is -2.19. The summed E-state index contributed by atoms with van der Waals surface area (Å²) >= 11 is 6.01. The minimum Gasteiger partial charge on any atom is -0.494 e. The lowest BCUT2D eigenvalue weighted by Crippen LogP contribution is -2.20. The molecule has 2 aromatic carbocycles. The topological polar surface area (TPSA) is 47.3 Å². The van der Waals surface area contributed by atoms with Crippen LogP contribution in [0, 0.1) is 0 Å². The first kappa shape index (κ1) is 15.7. The van der Waals surface area contributed by atoms with Gasteiger partial charge in [-0.25, -0.2) is 0 Å². The second-order valence-corrected chi connectivity index (χ2v) is 5.30. The van der Waals surface area contributed by atoms with Crippen LogP contribution in [0.3, 0.4) is 0 Å². The molecule has 0 bridgehead atoms. The van der Waals surface area contributed by atoms with Crippen LogP contribution in [0.2, 0.25) is 5.02 Å². The first-order chi connectivity index (χ1) is 10.2. The van der Waals surface area contributed by atoms with Crippen molar-refractivity contribution in [1.82, 2.24) is 0 Å². The summed E-state index contributed by atoms with van der Waals surface area (Å²) < 4.78 is 5.67. The predicted octanol–water partition coefficient (Wildman–Crippen LogP) is 4.24. The van der Waals surface area contributed by atoms with Gasteiger partial charge in [0.25, 0.3) is 0 Å². The van der Waals surface area contributed by atoms with Crippen molar-refractivity contribution in [1.29, 1.82) is 0 Å². The van der Waals surface area contributed by atoms with Crippen LogP contribution in [0.25, 0.3) is 0 Å².